The Morgan fingerprint density at radius 3 is 2.63 bits per heavy atom. The first-order valence-corrected chi connectivity index (χ1v) is 7.94. The van der Waals surface area contributed by atoms with Crippen LogP contribution in [0.15, 0.2) is 30.3 Å². The Hall–Kier alpha value is -0.620. The molecule has 1 aliphatic rings. The molecule has 0 radical (unpaired) electrons. The van der Waals surface area contributed by atoms with Crippen LogP contribution >= 0.6 is 12.4 Å². The third-order valence-electron chi connectivity index (χ3n) is 3.22. The number of aryl methyl sites for hydroxylation is 1. The van der Waals surface area contributed by atoms with E-state index in [2.05, 4.69) is 5.32 Å². The topological polar surface area (TPSA) is 49.4 Å². The van der Waals surface area contributed by atoms with Crippen LogP contribution in [0.5, 0.6) is 0 Å². The molecule has 0 spiro atoms. The largest absolute Gasteiger partial charge is 0.312 e. The number of nitrogens with zero attached hydrogens (tertiary/aromatic N) is 1. The number of sulfonamides is 1. The van der Waals surface area contributed by atoms with Gasteiger partial charge in [0.1, 0.15) is 0 Å². The molecule has 1 N–H and O–H groups in total. The second-order valence-corrected chi connectivity index (χ2v) is 6.85. The maximum absolute atomic E-state index is 12.2. The van der Waals surface area contributed by atoms with Crippen molar-refractivity contribution in [3.05, 3.63) is 35.9 Å². The fourth-order valence-corrected chi connectivity index (χ4v) is 3.74. The molecule has 0 saturated carbocycles. The Labute approximate surface area is 121 Å². The van der Waals surface area contributed by atoms with Crippen LogP contribution in [0.1, 0.15) is 12.5 Å². The van der Waals surface area contributed by atoms with E-state index >= 15 is 0 Å². The van der Waals surface area contributed by atoms with E-state index in [-0.39, 0.29) is 24.2 Å². The minimum Gasteiger partial charge on any atom is -0.312 e. The van der Waals surface area contributed by atoms with E-state index in [0.717, 1.165) is 12.1 Å². The number of hydrogen-bond acceptors (Lipinski definition) is 3. The van der Waals surface area contributed by atoms with Crippen LogP contribution in [0.4, 0.5) is 0 Å². The molecule has 0 unspecified atom stereocenters. The smallest absolute Gasteiger partial charge is 0.214 e. The summed E-state index contributed by atoms with van der Waals surface area (Å²) >= 11 is 0. The molecule has 0 aromatic heterocycles. The molecule has 1 aliphatic heterocycles. The Balaban J connectivity index is 0.00000180. The first kappa shape index (κ1) is 16.4. The average molecular weight is 305 g/mol. The third-order valence-corrected chi connectivity index (χ3v) is 5.05. The van der Waals surface area contributed by atoms with Gasteiger partial charge in [-0.1, -0.05) is 30.3 Å². The van der Waals surface area contributed by atoms with Crippen LogP contribution in [0.2, 0.25) is 0 Å². The molecule has 1 aromatic carbocycles. The predicted molar refractivity (Wildman–Crippen MR) is 80.2 cm³/mol. The summed E-state index contributed by atoms with van der Waals surface area (Å²) in [5.74, 6) is 0.198. The van der Waals surface area contributed by atoms with Gasteiger partial charge in [0.2, 0.25) is 10.0 Å². The SMILES string of the molecule is C[C@H]1CN(S(=O)(=O)CCc2ccccc2)CCN1.Cl. The first-order valence-electron chi connectivity index (χ1n) is 6.33. The molecular formula is C13H21ClN2O2S. The van der Waals surface area contributed by atoms with E-state index in [0.29, 0.717) is 19.5 Å². The van der Waals surface area contributed by atoms with Crippen LogP contribution in [-0.4, -0.2) is 44.2 Å². The van der Waals surface area contributed by atoms with Gasteiger partial charge in [-0.15, -0.1) is 12.4 Å². The van der Waals surface area contributed by atoms with E-state index in [4.69, 9.17) is 0 Å². The highest BCUT2D eigenvalue weighted by atomic mass is 35.5. The highest BCUT2D eigenvalue weighted by Gasteiger charge is 2.26. The zero-order valence-electron chi connectivity index (χ0n) is 11.1. The third kappa shape index (κ3) is 4.76. The maximum atomic E-state index is 12.2. The molecule has 1 saturated heterocycles. The molecule has 0 amide bonds. The van der Waals surface area contributed by atoms with Gasteiger partial charge in [-0.25, -0.2) is 8.42 Å². The summed E-state index contributed by atoms with van der Waals surface area (Å²) in [7, 11) is -3.12. The van der Waals surface area contributed by atoms with Crippen LogP contribution in [-0.2, 0) is 16.4 Å². The van der Waals surface area contributed by atoms with Gasteiger partial charge in [-0.05, 0) is 18.9 Å². The van der Waals surface area contributed by atoms with Crippen molar-refractivity contribution < 1.29 is 8.42 Å². The van der Waals surface area contributed by atoms with Gasteiger partial charge in [0.15, 0.2) is 0 Å². The molecule has 4 nitrogen and oxygen atoms in total. The molecule has 0 aliphatic carbocycles. The van der Waals surface area contributed by atoms with Gasteiger partial charge < -0.3 is 5.32 Å². The maximum Gasteiger partial charge on any atom is 0.214 e. The number of nitrogens with one attached hydrogen (secondary N) is 1. The fourth-order valence-electron chi connectivity index (χ4n) is 2.17. The molecular weight excluding hydrogens is 284 g/mol. The van der Waals surface area contributed by atoms with Crippen molar-refractivity contribution in [3.63, 3.8) is 0 Å². The summed E-state index contributed by atoms with van der Waals surface area (Å²) in [6.07, 6.45) is 0.585. The lowest BCUT2D eigenvalue weighted by atomic mass is 10.2. The monoisotopic (exact) mass is 304 g/mol. The van der Waals surface area contributed by atoms with E-state index < -0.39 is 10.0 Å². The van der Waals surface area contributed by atoms with Crippen molar-refractivity contribution in [1.29, 1.82) is 0 Å². The summed E-state index contributed by atoms with van der Waals surface area (Å²) in [4.78, 5) is 0. The normalized spacial score (nSPS) is 20.8. The zero-order valence-corrected chi connectivity index (χ0v) is 12.7. The highest BCUT2D eigenvalue weighted by molar-refractivity contribution is 7.89. The highest BCUT2D eigenvalue weighted by Crippen LogP contribution is 2.09. The standard InChI is InChI=1S/C13H20N2O2S.ClH/c1-12-11-15(9-8-14-12)18(16,17)10-7-13-5-3-2-4-6-13;/h2-6,12,14H,7-11H2,1H3;1H/t12-;/m0./s1. The number of rotatable bonds is 4. The van der Waals surface area contributed by atoms with Crippen molar-refractivity contribution in [1.82, 2.24) is 9.62 Å². The Kier molecular flexibility index (Phi) is 6.26. The van der Waals surface area contributed by atoms with Gasteiger partial charge >= 0.3 is 0 Å². The van der Waals surface area contributed by atoms with Crippen molar-refractivity contribution in [2.75, 3.05) is 25.4 Å². The second kappa shape index (κ2) is 7.24. The average Bonchev–Trinajstić information content (AvgIpc) is 2.38. The fraction of sp³-hybridized carbons (Fsp3) is 0.538. The van der Waals surface area contributed by atoms with Gasteiger partial charge in [0, 0.05) is 25.7 Å². The van der Waals surface area contributed by atoms with Crippen LogP contribution in [0.25, 0.3) is 0 Å². The molecule has 1 aromatic rings. The van der Waals surface area contributed by atoms with E-state index in [1.165, 1.54) is 0 Å². The number of hydrogen-bond donors (Lipinski definition) is 1. The Morgan fingerprint density at radius 1 is 1.32 bits per heavy atom. The summed E-state index contributed by atoms with van der Waals surface area (Å²) in [6, 6.07) is 10.00. The van der Waals surface area contributed by atoms with Gasteiger partial charge in [-0.2, -0.15) is 4.31 Å². The van der Waals surface area contributed by atoms with Crippen LogP contribution in [0.3, 0.4) is 0 Å². The summed E-state index contributed by atoms with van der Waals surface area (Å²) in [5.41, 5.74) is 1.07. The molecule has 19 heavy (non-hydrogen) atoms. The number of halogens is 1. The van der Waals surface area contributed by atoms with E-state index in [9.17, 15) is 8.42 Å². The van der Waals surface area contributed by atoms with Crippen LogP contribution < -0.4 is 5.32 Å². The summed E-state index contributed by atoms with van der Waals surface area (Å²) in [6.45, 7) is 3.92. The molecule has 2 rings (SSSR count). The first-order chi connectivity index (χ1) is 8.58. The van der Waals surface area contributed by atoms with Crippen molar-refractivity contribution in [3.8, 4) is 0 Å². The molecule has 108 valence electrons. The molecule has 6 heteroatoms. The number of benzene rings is 1. The van der Waals surface area contributed by atoms with E-state index in [1.807, 2.05) is 37.3 Å². The number of piperazine rings is 1. The Bertz CT molecular complexity index is 479. The molecule has 1 heterocycles. The minimum absolute atomic E-state index is 0. The van der Waals surface area contributed by atoms with Gasteiger partial charge in [0.05, 0.1) is 5.75 Å². The van der Waals surface area contributed by atoms with Crippen molar-refractivity contribution in [2.45, 2.75) is 19.4 Å². The predicted octanol–water partition coefficient (Wildman–Crippen LogP) is 1.27. The van der Waals surface area contributed by atoms with Crippen molar-refractivity contribution >= 4 is 22.4 Å². The molecule has 1 atom stereocenters. The zero-order chi connectivity index (χ0) is 13.0. The quantitative estimate of drug-likeness (QED) is 0.911. The van der Waals surface area contributed by atoms with Crippen LogP contribution in [0, 0.1) is 0 Å². The summed E-state index contributed by atoms with van der Waals surface area (Å²) < 4.78 is 26.0. The minimum atomic E-state index is -3.12. The summed E-state index contributed by atoms with van der Waals surface area (Å²) in [5, 5.41) is 3.25. The van der Waals surface area contributed by atoms with E-state index in [1.54, 1.807) is 4.31 Å². The lowest BCUT2D eigenvalue weighted by Gasteiger charge is -2.31. The van der Waals surface area contributed by atoms with Gasteiger partial charge in [0.25, 0.3) is 0 Å². The lowest BCUT2D eigenvalue weighted by molar-refractivity contribution is 0.310. The molecule has 0 bridgehead atoms. The van der Waals surface area contributed by atoms with Crippen molar-refractivity contribution in [2.24, 2.45) is 0 Å². The molecule has 1 fully saturated rings. The second-order valence-electron chi connectivity index (χ2n) is 4.76. The lowest BCUT2D eigenvalue weighted by Crippen LogP contribution is -2.51. The van der Waals surface area contributed by atoms with Gasteiger partial charge in [-0.3, -0.25) is 0 Å². The Morgan fingerprint density at radius 2 is 2.00 bits per heavy atom.